The van der Waals surface area contributed by atoms with Crippen LogP contribution in [0.3, 0.4) is 0 Å². The quantitative estimate of drug-likeness (QED) is 0.822. The third-order valence-corrected chi connectivity index (χ3v) is 6.79. The molecule has 1 fully saturated rings. The van der Waals surface area contributed by atoms with Gasteiger partial charge in [-0.2, -0.15) is 0 Å². The summed E-state index contributed by atoms with van der Waals surface area (Å²) in [6, 6.07) is 1.76. The van der Waals surface area contributed by atoms with Crippen molar-refractivity contribution in [3.8, 4) is 0 Å². The van der Waals surface area contributed by atoms with Crippen molar-refractivity contribution >= 4 is 21.4 Å². The lowest BCUT2D eigenvalue weighted by Crippen LogP contribution is -2.30. The SMILES string of the molecule is CNCc1sc(S(=O)(=O)NCC2CCN(C)C2)cc1C. The number of aryl methyl sites for hydroxylation is 1. The van der Waals surface area contributed by atoms with Gasteiger partial charge in [0, 0.05) is 24.5 Å². The molecule has 20 heavy (non-hydrogen) atoms. The van der Waals surface area contributed by atoms with Gasteiger partial charge < -0.3 is 10.2 Å². The summed E-state index contributed by atoms with van der Waals surface area (Å²) in [5.74, 6) is 0.424. The Hall–Kier alpha value is -0.470. The minimum atomic E-state index is -3.36. The molecule has 1 aromatic heterocycles. The molecular weight excluding hydrogens is 294 g/mol. The summed E-state index contributed by atoms with van der Waals surface area (Å²) in [7, 11) is 0.571. The molecule has 0 spiro atoms. The van der Waals surface area contributed by atoms with Crippen LogP contribution in [0, 0.1) is 12.8 Å². The Morgan fingerprint density at radius 3 is 2.85 bits per heavy atom. The first kappa shape index (κ1) is 15.9. The maximum absolute atomic E-state index is 12.3. The number of hydrogen-bond acceptors (Lipinski definition) is 5. The number of thiophene rings is 1. The number of nitrogens with zero attached hydrogens (tertiary/aromatic N) is 1. The summed E-state index contributed by atoms with van der Waals surface area (Å²) < 4.78 is 27.8. The van der Waals surface area contributed by atoms with E-state index >= 15 is 0 Å². The minimum Gasteiger partial charge on any atom is -0.315 e. The van der Waals surface area contributed by atoms with E-state index in [1.54, 1.807) is 6.07 Å². The Morgan fingerprint density at radius 2 is 2.25 bits per heavy atom. The van der Waals surface area contributed by atoms with E-state index < -0.39 is 10.0 Å². The van der Waals surface area contributed by atoms with Crippen LogP contribution in [-0.2, 0) is 16.6 Å². The van der Waals surface area contributed by atoms with E-state index in [9.17, 15) is 8.42 Å². The predicted octanol–water partition coefficient (Wildman–Crippen LogP) is 1.01. The van der Waals surface area contributed by atoms with E-state index in [0.29, 0.717) is 23.2 Å². The number of rotatable bonds is 6. The molecule has 5 nitrogen and oxygen atoms in total. The van der Waals surface area contributed by atoms with Gasteiger partial charge >= 0.3 is 0 Å². The summed E-state index contributed by atoms with van der Waals surface area (Å²) >= 11 is 1.35. The second kappa shape index (κ2) is 6.53. The Morgan fingerprint density at radius 1 is 1.50 bits per heavy atom. The first-order valence-corrected chi connectivity index (χ1v) is 9.14. The Balaban J connectivity index is 2.01. The molecule has 2 N–H and O–H groups in total. The van der Waals surface area contributed by atoms with Crippen LogP contribution in [0.2, 0.25) is 0 Å². The molecule has 2 heterocycles. The first-order valence-electron chi connectivity index (χ1n) is 6.84. The van der Waals surface area contributed by atoms with Crippen LogP contribution in [0.5, 0.6) is 0 Å². The van der Waals surface area contributed by atoms with Crippen LogP contribution in [0.4, 0.5) is 0 Å². The monoisotopic (exact) mass is 317 g/mol. The summed E-state index contributed by atoms with van der Waals surface area (Å²) in [5, 5.41) is 3.06. The van der Waals surface area contributed by atoms with Crippen molar-refractivity contribution in [2.24, 2.45) is 5.92 Å². The van der Waals surface area contributed by atoms with Gasteiger partial charge in [0.05, 0.1) is 0 Å². The maximum Gasteiger partial charge on any atom is 0.250 e. The van der Waals surface area contributed by atoms with Crippen molar-refractivity contribution in [2.45, 2.75) is 24.1 Å². The third-order valence-electron chi connectivity index (χ3n) is 3.65. The van der Waals surface area contributed by atoms with Crippen LogP contribution >= 0.6 is 11.3 Å². The van der Waals surface area contributed by atoms with Gasteiger partial charge in [0.2, 0.25) is 10.0 Å². The number of likely N-dealkylation sites (tertiary alicyclic amines) is 1. The maximum atomic E-state index is 12.3. The largest absolute Gasteiger partial charge is 0.315 e. The van der Waals surface area contributed by atoms with Gasteiger partial charge in [-0.1, -0.05) is 0 Å². The van der Waals surface area contributed by atoms with E-state index in [-0.39, 0.29) is 0 Å². The fraction of sp³-hybridized carbons (Fsp3) is 0.692. The van der Waals surface area contributed by atoms with Gasteiger partial charge in [-0.15, -0.1) is 11.3 Å². The third kappa shape index (κ3) is 3.79. The van der Waals surface area contributed by atoms with E-state index in [1.807, 2.05) is 14.0 Å². The zero-order chi connectivity index (χ0) is 14.8. The van der Waals surface area contributed by atoms with Crippen LogP contribution in [-0.4, -0.2) is 47.0 Å². The molecule has 7 heteroatoms. The molecule has 0 saturated carbocycles. The fourth-order valence-corrected chi connectivity index (χ4v) is 5.21. The molecule has 1 aromatic rings. The second-order valence-electron chi connectivity index (χ2n) is 5.47. The highest BCUT2D eigenvalue weighted by molar-refractivity contribution is 7.91. The van der Waals surface area contributed by atoms with Gasteiger partial charge in [0.25, 0.3) is 0 Å². The predicted molar refractivity (Wildman–Crippen MR) is 82.6 cm³/mol. The van der Waals surface area contributed by atoms with Crippen LogP contribution < -0.4 is 10.0 Å². The van der Waals surface area contributed by atoms with Crippen molar-refractivity contribution in [3.05, 3.63) is 16.5 Å². The van der Waals surface area contributed by atoms with Gasteiger partial charge in [-0.25, -0.2) is 13.1 Å². The molecule has 2 rings (SSSR count). The lowest BCUT2D eigenvalue weighted by Gasteiger charge is -2.11. The molecule has 1 unspecified atom stereocenters. The molecule has 1 aliphatic rings. The second-order valence-corrected chi connectivity index (χ2v) is 8.60. The molecule has 0 radical (unpaired) electrons. The van der Waals surface area contributed by atoms with Gasteiger partial charge in [-0.3, -0.25) is 0 Å². The molecule has 0 bridgehead atoms. The van der Waals surface area contributed by atoms with E-state index in [1.165, 1.54) is 11.3 Å². The van der Waals surface area contributed by atoms with Gasteiger partial charge in [0.15, 0.2) is 0 Å². The smallest absolute Gasteiger partial charge is 0.250 e. The minimum absolute atomic E-state index is 0.423. The standard InChI is InChI=1S/C13H23N3O2S2/c1-10-6-13(19-12(10)8-14-2)20(17,18)15-7-11-4-5-16(3)9-11/h6,11,14-15H,4-5,7-9H2,1-3H3. The number of nitrogens with one attached hydrogen (secondary N) is 2. The lowest BCUT2D eigenvalue weighted by molar-refractivity contribution is 0.394. The van der Waals surface area contributed by atoms with Crippen molar-refractivity contribution < 1.29 is 8.42 Å². The Bertz CT molecular complexity index is 554. The fourth-order valence-electron chi connectivity index (χ4n) is 2.45. The van der Waals surface area contributed by atoms with Crippen LogP contribution in [0.25, 0.3) is 0 Å². The molecule has 114 valence electrons. The normalized spacial score (nSPS) is 20.6. The highest BCUT2D eigenvalue weighted by Crippen LogP contribution is 2.26. The summed E-state index contributed by atoms with van der Waals surface area (Å²) in [4.78, 5) is 3.31. The molecule has 1 aliphatic heterocycles. The first-order chi connectivity index (χ1) is 9.42. The average Bonchev–Trinajstić information content (AvgIpc) is 2.95. The zero-order valence-electron chi connectivity index (χ0n) is 12.3. The Kier molecular flexibility index (Phi) is 5.19. The summed E-state index contributed by atoms with van der Waals surface area (Å²) in [6.07, 6.45) is 1.06. The van der Waals surface area contributed by atoms with Crippen LogP contribution in [0.15, 0.2) is 10.3 Å². The average molecular weight is 317 g/mol. The topological polar surface area (TPSA) is 61.4 Å². The highest BCUT2D eigenvalue weighted by atomic mass is 32.2. The molecule has 1 saturated heterocycles. The van der Waals surface area contributed by atoms with Crippen molar-refractivity contribution in [1.29, 1.82) is 0 Å². The molecule has 0 aromatic carbocycles. The molecule has 0 amide bonds. The number of sulfonamides is 1. The Labute approximate surface area is 125 Å². The summed E-state index contributed by atoms with van der Waals surface area (Å²) in [6.45, 7) is 5.21. The van der Waals surface area contributed by atoms with E-state index in [2.05, 4.69) is 22.0 Å². The lowest BCUT2D eigenvalue weighted by atomic mass is 10.1. The zero-order valence-corrected chi connectivity index (χ0v) is 13.9. The molecule has 0 aliphatic carbocycles. The van der Waals surface area contributed by atoms with Crippen molar-refractivity contribution in [3.63, 3.8) is 0 Å². The van der Waals surface area contributed by atoms with E-state index in [0.717, 1.165) is 30.0 Å². The highest BCUT2D eigenvalue weighted by Gasteiger charge is 2.23. The molecular formula is C13H23N3O2S2. The van der Waals surface area contributed by atoms with Gasteiger partial charge in [-0.05, 0) is 51.5 Å². The molecule has 1 atom stereocenters. The van der Waals surface area contributed by atoms with E-state index in [4.69, 9.17) is 0 Å². The van der Waals surface area contributed by atoms with Crippen molar-refractivity contribution in [2.75, 3.05) is 33.7 Å². The van der Waals surface area contributed by atoms with Gasteiger partial charge in [0.1, 0.15) is 4.21 Å². The van der Waals surface area contributed by atoms with Crippen molar-refractivity contribution in [1.82, 2.24) is 14.9 Å². The van der Waals surface area contributed by atoms with Crippen LogP contribution in [0.1, 0.15) is 16.9 Å². The number of hydrogen-bond donors (Lipinski definition) is 2. The summed E-state index contributed by atoms with van der Waals surface area (Å²) in [5.41, 5.74) is 1.03.